The molecule has 2 nitrogen and oxygen atoms in total. The summed E-state index contributed by atoms with van der Waals surface area (Å²) < 4.78 is 0. The highest BCUT2D eigenvalue weighted by Gasteiger charge is 2.43. The summed E-state index contributed by atoms with van der Waals surface area (Å²) in [6.07, 6.45) is 4.25. The van der Waals surface area contributed by atoms with Crippen molar-refractivity contribution in [1.29, 1.82) is 0 Å². The van der Waals surface area contributed by atoms with Gasteiger partial charge in [0.15, 0.2) is 0 Å². The Kier molecular flexibility index (Phi) is 2.13. The number of hydrogen-bond donors (Lipinski definition) is 0. The molecule has 0 amide bonds. The first-order valence-corrected chi connectivity index (χ1v) is 5.20. The number of likely N-dealkylation sites (tertiary alicyclic amines) is 2. The van der Waals surface area contributed by atoms with Gasteiger partial charge in [-0.25, -0.2) is 0 Å². The van der Waals surface area contributed by atoms with Crippen molar-refractivity contribution < 1.29 is 0 Å². The Balaban J connectivity index is 1.89. The predicted molar refractivity (Wildman–Crippen MR) is 51.3 cm³/mol. The van der Waals surface area contributed by atoms with E-state index in [9.17, 15) is 0 Å². The minimum Gasteiger partial charge on any atom is -0.303 e. The molecule has 2 aliphatic rings. The molecule has 2 rings (SSSR count). The summed E-state index contributed by atoms with van der Waals surface area (Å²) in [5, 5.41) is 0. The van der Waals surface area contributed by atoms with Crippen LogP contribution in [0.4, 0.5) is 0 Å². The molecule has 2 heterocycles. The van der Waals surface area contributed by atoms with Crippen LogP contribution in [0.2, 0.25) is 0 Å². The zero-order chi connectivity index (χ0) is 8.60. The molecule has 0 radical (unpaired) electrons. The highest BCUT2D eigenvalue weighted by molar-refractivity contribution is 5.00. The molecule has 12 heavy (non-hydrogen) atoms. The van der Waals surface area contributed by atoms with E-state index in [0.717, 1.165) is 0 Å². The summed E-state index contributed by atoms with van der Waals surface area (Å²) in [5.41, 5.74) is 0.631. The van der Waals surface area contributed by atoms with E-state index in [1.807, 2.05) is 0 Å². The molecule has 0 unspecified atom stereocenters. The number of piperidine rings is 1. The Morgan fingerprint density at radius 3 is 2.00 bits per heavy atom. The molecule has 2 aliphatic heterocycles. The van der Waals surface area contributed by atoms with E-state index in [1.165, 1.54) is 45.4 Å². The van der Waals surface area contributed by atoms with Crippen LogP contribution in [-0.4, -0.2) is 48.6 Å². The maximum absolute atomic E-state index is 2.57. The van der Waals surface area contributed by atoms with Crippen LogP contribution in [-0.2, 0) is 0 Å². The number of rotatable bonds is 1. The average Bonchev–Trinajstić information content (AvgIpc) is 2.16. The Hall–Kier alpha value is -0.0800. The van der Waals surface area contributed by atoms with Gasteiger partial charge in [-0.3, -0.25) is 0 Å². The van der Waals surface area contributed by atoms with Gasteiger partial charge in [-0.15, -0.1) is 0 Å². The van der Waals surface area contributed by atoms with Gasteiger partial charge in [0, 0.05) is 12.1 Å². The Morgan fingerprint density at radius 1 is 1.08 bits per heavy atom. The second-order valence-corrected chi connectivity index (χ2v) is 4.33. The molecule has 2 heteroatoms. The highest BCUT2D eigenvalue weighted by atomic mass is 15.3. The molecular weight excluding hydrogens is 148 g/mol. The summed E-state index contributed by atoms with van der Waals surface area (Å²) in [6.45, 7) is 7.47. The maximum atomic E-state index is 2.57. The largest absolute Gasteiger partial charge is 0.303 e. The fourth-order valence-electron chi connectivity index (χ4n) is 2.57. The molecule has 0 aromatic heterocycles. The monoisotopic (exact) mass is 168 g/mol. The van der Waals surface area contributed by atoms with Crippen LogP contribution in [0.3, 0.4) is 0 Å². The van der Waals surface area contributed by atoms with E-state index in [0.29, 0.717) is 5.54 Å². The minimum absolute atomic E-state index is 0.631. The summed E-state index contributed by atoms with van der Waals surface area (Å²) in [7, 11) is 2.28. The van der Waals surface area contributed by atoms with Crippen LogP contribution in [0.15, 0.2) is 0 Å². The van der Waals surface area contributed by atoms with Crippen molar-refractivity contribution >= 4 is 0 Å². The topological polar surface area (TPSA) is 6.48 Å². The summed E-state index contributed by atoms with van der Waals surface area (Å²) in [5.74, 6) is 0. The molecular formula is C10H20N2. The lowest BCUT2D eigenvalue weighted by molar-refractivity contribution is -0.0384. The first kappa shape index (κ1) is 8.52. The van der Waals surface area contributed by atoms with Crippen LogP contribution in [0.25, 0.3) is 0 Å². The van der Waals surface area contributed by atoms with Crippen molar-refractivity contribution in [2.24, 2.45) is 0 Å². The number of hydrogen-bond acceptors (Lipinski definition) is 2. The van der Waals surface area contributed by atoms with Crippen molar-refractivity contribution in [2.75, 3.05) is 33.2 Å². The number of nitrogens with zero attached hydrogens (tertiary/aromatic N) is 2. The molecule has 0 bridgehead atoms. The lowest BCUT2D eigenvalue weighted by atomic mass is 9.77. The Morgan fingerprint density at radius 2 is 1.67 bits per heavy atom. The van der Waals surface area contributed by atoms with Gasteiger partial charge in [-0.1, -0.05) is 6.92 Å². The van der Waals surface area contributed by atoms with Crippen LogP contribution in [0.5, 0.6) is 0 Å². The smallest absolute Gasteiger partial charge is 0.0243 e. The molecule has 0 aliphatic carbocycles. The highest BCUT2D eigenvalue weighted by Crippen LogP contribution is 2.38. The maximum Gasteiger partial charge on any atom is 0.0243 e. The van der Waals surface area contributed by atoms with Crippen LogP contribution < -0.4 is 0 Å². The quantitative estimate of drug-likeness (QED) is 0.580. The minimum atomic E-state index is 0.631. The van der Waals surface area contributed by atoms with Gasteiger partial charge < -0.3 is 9.80 Å². The van der Waals surface area contributed by atoms with E-state index in [2.05, 4.69) is 23.8 Å². The van der Waals surface area contributed by atoms with Gasteiger partial charge in [0.1, 0.15) is 0 Å². The van der Waals surface area contributed by atoms with E-state index in [1.54, 1.807) is 0 Å². The molecule has 70 valence electrons. The van der Waals surface area contributed by atoms with Gasteiger partial charge in [-0.05, 0) is 45.9 Å². The van der Waals surface area contributed by atoms with Gasteiger partial charge in [0.25, 0.3) is 0 Å². The molecule has 0 aromatic rings. The van der Waals surface area contributed by atoms with E-state index < -0.39 is 0 Å². The summed E-state index contributed by atoms with van der Waals surface area (Å²) in [6, 6.07) is 0. The summed E-state index contributed by atoms with van der Waals surface area (Å²) >= 11 is 0. The second kappa shape index (κ2) is 3.00. The summed E-state index contributed by atoms with van der Waals surface area (Å²) in [4.78, 5) is 5.12. The van der Waals surface area contributed by atoms with Crippen molar-refractivity contribution in [3.63, 3.8) is 0 Å². The van der Waals surface area contributed by atoms with Crippen molar-refractivity contribution in [3.8, 4) is 0 Å². The molecule has 0 aromatic carbocycles. The molecule has 1 spiro atoms. The third-order valence-electron chi connectivity index (χ3n) is 3.96. The van der Waals surface area contributed by atoms with Crippen molar-refractivity contribution in [1.82, 2.24) is 9.80 Å². The fraction of sp³-hybridized carbons (Fsp3) is 1.00. The van der Waals surface area contributed by atoms with E-state index >= 15 is 0 Å². The normalized spacial score (nSPS) is 30.5. The predicted octanol–water partition coefficient (Wildman–Crippen LogP) is 1.18. The SMILES string of the molecule is CCN1CCC2(CC1)CCN2C. The lowest BCUT2D eigenvalue weighted by Gasteiger charge is -2.55. The van der Waals surface area contributed by atoms with E-state index in [-0.39, 0.29) is 0 Å². The Bertz CT molecular complexity index is 159. The lowest BCUT2D eigenvalue weighted by Crippen LogP contribution is -2.62. The first-order valence-electron chi connectivity index (χ1n) is 5.20. The molecule has 0 atom stereocenters. The molecule has 2 fully saturated rings. The third-order valence-corrected chi connectivity index (χ3v) is 3.96. The van der Waals surface area contributed by atoms with Crippen LogP contribution >= 0.6 is 0 Å². The van der Waals surface area contributed by atoms with Crippen molar-refractivity contribution in [3.05, 3.63) is 0 Å². The van der Waals surface area contributed by atoms with Crippen LogP contribution in [0.1, 0.15) is 26.2 Å². The molecule has 0 N–H and O–H groups in total. The van der Waals surface area contributed by atoms with Gasteiger partial charge >= 0.3 is 0 Å². The van der Waals surface area contributed by atoms with E-state index in [4.69, 9.17) is 0 Å². The average molecular weight is 168 g/mol. The van der Waals surface area contributed by atoms with Gasteiger partial charge in [-0.2, -0.15) is 0 Å². The zero-order valence-electron chi connectivity index (χ0n) is 8.34. The second-order valence-electron chi connectivity index (χ2n) is 4.33. The standard InChI is InChI=1S/C10H20N2/c1-3-12-8-5-10(6-9-12)4-7-11(10)2/h3-9H2,1-2H3. The van der Waals surface area contributed by atoms with Crippen LogP contribution in [0, 0.1) is 0 Å². The molecule has 0 saturated carbocycles. The fourth-order valence-corrected chi connectivity index (χ4v) is 2.57. The van der Waals surface area contributed by atoms with Gasteiger partial charge in [0.2, 0.25) is 0 Å². The first-order chi connectivity index (χ1) is 5.77. The van der Waals surface area contributed by atoms with Crippen molar-refractivity contribution in [2.45, 2.75) is 31.7 Å². The third kappa shape index (κ3) is 1.17. The molecule has 2 saturated heterocycles. The zero-order valence-corrected chi connectivity index (χ0v) is 8.34. The Labute approximate surface area is 75.5 Å². The van der Waals surface area contributed by atoms with Gasteiger partial charge in [0.05, 0.1) is 0 Å².